The summed E-state index contributed by atoms with van der Waals surface area (Å²) in [5.41, 5.74) is 5.88. The van der Waals surface area contributed by atoms with Crippen LogP contribution in [0.2, 0.25) is 0 Å². The molecule has 0 fully saturated rings. The van der Waals surface area contributed by atoms with Crippen LogP contribution in [0.1, 0.15) is 19.4 Å². The molecule has 0 aliphatic carbocycles. The van der Waals surface area contributed by atoms with Crippen LogP contribution in [0.5, 0.6) is 0 Å². The van der Waals surface area contributed by atoms with E-state index in [0.717, 1.165) is 0 Å². The lowest BCUT2D eigenvalue weighted by Gasteiger charge is -2.11. The highest BCUT2D eigenvalue weighted by atomic mass is 19.1. The van der Waals surface area contributed by atoms with Gasteiger partial charge in [0.1, 0.15) is 11.6 Å². The first-order valence-electron chi connectivity index (χ1n) is 4.94. The Hall–Kier alpha value is -1.98. The van der Waals surface area contributed by atoms with Crippen LogP contribution in [0, 0.1) is 5.82 Å². The minimum Gasteiger partial charge on any atom is -0.368 e. The molecule has 5 nitrogen and oxygen atoms in total. The van der Waals surface area contributed by atoms with E-state index in [1.165, 1.54) is 10.7 Å². The van der Waals surface area contributed by atoms with E-state index >= 15 is 0 Å². The lowest BCUT2D eigenvalue weighted by Crippen LogP contribution is -2.26. The summed E-state index contributed by atoms with van der Waals surface area (Å²) in [7, 11) is 0. The van der Waals surface area contributed by atoms with Gasteiger partial charge in [-0.1, -0.05) is 18.2 Å². The topological polar surface area (TPSA) is 73.8 Å². The zero-order valence-electron chi connectivity index (χ0n) is 8.72. The molecule has 1 amide bonds. The molecule has 6 heteroatoms. The minimum absolute atomic E-state index is 0.155. The van der Waals surface area contributed by atoms with Crippen molar-refractivity contribution in [1.29, 1.82) is 0 Å². The number of nitrogens with zero attached hydrogens (tertiary/aromatic N) is 3. The molecule has 0 bridgehead atoms. The van der Waals surface area contributed by atoms with E-state index in [-0.39, 0.29) is 5.52 Å². The van der Waals surface area contributed by atoms with Gasteiger partial charge in [-0.3, -0.25) is 4.79 Å². The molecule has 0 unspecified atom stereocenters. The first-order chi connectivity index (χ1) is 7.65. The summed E-state index contributed by atoms with van der Waals surface area (Å²) in [6.07, 6.45) is 0.490. The quantitative estimate of drug-likeness (QED) is 0.842. The number of hydrogen-bond acceptors (Lipinski definition) is 3. The van der Waals surface area contributed by atoms with Crippen LogP contribution in [-0.4, -0.2) is 20.9 Å². The van der Waals surface area contributed by atoms with Gasteiger partial charge >= 0.3 is 0 Å². The van der Waals surface area contributed by atoms with Gasteiger partial charge < -0.3 is 5.73 Å². The van der Waals surface area contributed by atoms with E-state index < -0.39 is 17.8 Å². The number of carbonyl (C=O) groups is 1. The predicted molar refractivity (Wildman–Crippen MR) is 56.0 cm³/mol. The monoisotopic (exact) mass is 222 g/mol. The van der Waals surface area contributed by atoms with Crippen molar-refractivity contribution in [3.8, 4) is 0 Å². The van der Waals surface area contributed by atoms with Gasteiger partial charge in [-0.15, -0.1) is 5.10 Å². The fraction of sp³-hybridized carbons (Fsp3) is 0.300. The second-order valence-electron chi connectivity index (χ2n) is 3.47. The molecule has 2 rings (SSSR count). The number of benzene rings is 1. The van der Waals surface area contributed by atoms with Gasteiger partial charge in [-0.2, -0.15) is 0 Å². The molecule has 1 atom stereocenters. The van der Waals surface area contributed by atoms with E-state index in [1.807, 2.05) is 6.92 Å². The number of amides is 1. The van der Waals surface area contributed by atoms with Gasteiger partial charge in [0.2, 0.25) is 5.91 Å². The summed E-state index contributed by atoms with van der Waals surface area (Å²) in [6.45, 7) is 1.81. The average Bonchev–Trinajstić information content (AvgIpc) is 2.64. The third-order valence-corrected chi connectivity index (χ3v) is 2.46. The van der Waals surface area contributed by atoms with Crippen molar-refractivity contribution in [2.45, 2.75) is 19.4 Å². The third kappa shape index (κ3) is 1.52. The normalized spacial score (nSPS) is 12.9. The molecule has 2 aromatic rings. The van der Waals surface area contributed by atoms with Crippen molar-refractivity contribution in [2.75, 3.05) is 0 Å². The Morgan fingerprint density at radius 2 is 2.38 bits per heavy atom. The summed E-state index contributed by atoms with van der Waals surface area (Å²) in [5.74, 6) is -0.957. The highest BCUT2D eigenvalue weighted by Gasteiger charge is 2.20. The number of primary amides is 1. The highest BCUT2D eigenvalue weighted by molar-refractivity contribution is 5.82. The zero-order chi connectivity index (χ0) is 11.7. The number of nitrogens with two attached hydrogens (primary N) is 1. The van der Waals surface area contributed by atoms with Crippen LogP contribution in [0.3, 0.4) is 0 Å². The first kappa shape index (κ1) is 10.5. The second kappa shape index (κ2) is 3.88. The molecule has 1 aromatic heterocycles. The molecule has 0 aliphatic heterocycles. The fourth-order valence-electron chi connectivity index (χ4n) is 1.65. The van der Waals surface area contributed by atoms with Crippen LogP contribution in [-0.2, 0) is 4.79 Å². The van der Waals surface area contributed by atoms with Crippen LogP contribution in [0.25, 0.3) is 11.0 Å². The Morgan fingerprint density at radius 3 is 3.00 bits per heavy atom. The molecular weight excluding hydrogens is 211 g/mol. The molecule has 0 radical (unpaired) electrons. The summed E-state index contributed by atoms with van der Waals surface area (Å²) in [5, 5.41) is 7.47. The summed E-state index contributed by atoms with van der Waals surface area (Å²) >= 11 is 0. The maximum absolute atomic E-state index is 13.3. The van der Waals surface area contributed by atoms with Gasteiger partial charge in [-0.25, -0.2) is 9.07 Å². The van der Waals surface area contributed by atoms with Crippen molar-refractivity contribution >= 4 is 16.9 Å². The summed E-state index contributed by atoms with van der Waals surface area (Å²) in [6, 6.07) is 3.91. The van der Waals surface area contributed by atoms with E-state index in [0.29, 0.717) is 11.9 Å². The number of rotatable bonds is 3. The maximum Gasteiger partial charge on any atom is 0.242 e. The summed E-state index contributed by atoms with van der Waals surface area (Å²) < 4.78 is 14.7. The minimum atomic E-state index is -0.591. The smallest absolute Gasteiger partial charge is 0.242 e. The Balaban J connectivity index is 2.61. The number of halogens is 1. The molecule has 1 heterocycles. The third-order valence-electron chi connectivity index (χ3n) is 2.46. The molecule has 0 spiro atoms. The van der Waals surface area contributed by atoms with Gasteiger partial charge in [0, 0.05) is 0 Å². The number of fused-ring (bicyclic) bond motifs is 1. The van der Waals surface area contributed by atoms with Gasteiger partial charge in [0.05, 0.1) is 5.52 Å². The first-order valence-corrected chi connectivity index (χ1v) is 4.94. The molecule has 16 heavy (non-hydrogen) atoms. The zero-order valence-corrected chi connectivity index (χ0v) is 8.72. The van der Waals surface area contributed by atoms with E-state index in [9.17, 15) is 9.18 Å². The van der Waals surface area contributed by atoms with Crippen molar-refractivity contribution in [1.82, 2.24) is 15.0 Å². The SMILES string of the molecule is CC[C@@H](C(N)=O)n1nnc2c(F)cccc21. The molecular formula is C10H11FN4O. The Bertz CT molecular complexity index is 537. The molecule has 0 saturated carbocycles. The van der Waals surface area contributed by atoms with Gasteiger partial charge in [0.15, 0.2) is 5.82 Å². The number of aromatic nitrogens is 3. The molecule has 84 valence electrons. The molecule has 0 aliphatic rings. The van der Waals surface area contributed by atoms with Gasteiger partial charge in [0.25, 0.3) is 0 Å². The van der Waals surface area contributed by atoms with E-state index in [1.54, 1.807) is 12.1 Å². The van der Waals surface area contributed by atoms with Crippen LogP contribution in [0.15, 0.2) is 18.2 Å². The summed E-state index contributed by atoms with van der Waals surface area (Å²) in [4.78, 5) is 11.2. The molecule has 1 aromatic carbocycles. The Morgan fingerprint density at radius 1 is 1.62 bits per heavy atom. The lowest BCUT2D eigenvalue weighted by molar-refractivity contribution is -0.121. The molecule has 2 N–H and O–H groups in total. The second-order valence-corrected chi connectivity index (χ2v) is 3.47. The highest BCUT2D eigenvalue weighted by Crippen LogP contribution is 2.19. The predicted octanol–water partition coefficient (Wildman–Crippen LogP) is 1.01. The Kier molecular flexibility index (Phi) is 2.55. The largest absolute Gasteiger partial charge is 0.368 e. The maximum atomic E-state index is 13.3. The number of hydrogen-bond donors (Lipinski definition) is 1. The van der Waals surface area contributed by atoms with Crippen LogP contribution in [0.4, 0.5) is 4.39 Å². The van der Waals surface area contributed by atoms with Crippen LogP contribution < -0.4 is 5.73 Å². The average molecular weight is 222 g/mol. The van der Waals surface area contributed by atoms with Gasteiger partial charge in [-0.05, 0) is 18.6 Å². The lowest BCUT2D eigenvalue weighted by atomic mass is 10.2. The number of carbonyl (C=O) groups excluding carboxylic acids is 1. The molecule has 0 saturated heterocycles. The van der Waals surface area contributed by atoms with Crippen molar-refractivity contribution in [2.24, 2.45) is 5.73 Å². The fourth-order valence-corrected chi connectivity index (χ4v) is 1.65. The standard InChI is InChI=1S/C10H11FN4O/c1-2-7(10(12)16)15-8-5-3-4-6(11)9(8)13-14-15/h3-5,7H,2H2,1H3,(H2,12,16)/t7-/m0/s1. The van der Waals surface area contributed by atoms with Crippen molar-refractivity contribution in [3.63, 3.8) is 0 Å². The van der Waals surface area contributed by atoms with E-state index in [4.69, 9.17) is 5.73 Å². The van der Waals surface area contributed by atoms with Crippen molar-refractivity contribution in [3.05, 3.63) is 24.0 Å². The van der Waals surface area contributed by atoms with Crippen molar-refractivity contribution < 1.29 is 9.18 Å². The Labute approximate surface area is 91.0 Å². The van der Waals surface area contributed by atoms with Crippen LogP contribution >= 0.6 is 0 Å². The van der Waals surface area contributed by atoms with E-state index in [2.05, 4.69) is 10.3 Å².